The average Bonchev–Trinajstić information content (AvgIpc) is 2.73. The molecule has 0 aromatic carbocycles. The summed E-state index contributed by atoms with van der Waals surface area (Å²) in [6, 6.07) is 0. The summed E-state index contributed by atoms with van der Waals surface area (Å²) in [4.78, 5) is 0. The Bertz CT molecular complexity index is 992. The molecule has 0 bridgehead atoms. The summed E-state index contributed by atoms with van der Waals surface area (Å²) < 4.78 is 362. The molecule has 0 radical (unpaired) electrons. The average molecular weight is 1010 g/mol. The zero-order valence-corrected chi connectivity index (χ0v) is 23.8. The van der Waals surface area contributed by atoms with Gasteiger partial charge in [-0.3, -0.25) is 0 Å². The quantitative estimate of drug-likeness (QED) is 0.165. The summed E-state index contributed by atoms with van der Waals surface area (Å²) in [7, 11) is 0. The van der Waals surface area contributed by atoms with E-state index in [0.29, 0.717) is 0 Å². The summed E-state index contributed by atoms with van der Waals surface area (Å²) in [6.07, 6.45) is -49.1. The van der Waals surface area contributed by atoms with Crippen molar-refractivity contribution in [2.75, 3.05) is 0 Å². The maximum absolute atomic E-state index is 13.6. The van der Waals surface area contributed by atoms with Crippen molar-refractivity contribution in [3.05, 3.63) is 0 Å². The summed E-state index contributed by atoms with van der Waals surface area (Å²) >= 11 is -13.6. The molecule has 0 aliphatic carbocycles. The van der Waals surface area contributed by atoms with Gasteiger partial charge < -0.3 is 0 Å². The molecule has 1 nitrogen and oxygen atoms in total. The number of ether oxygens (including phenoxy) is 1. The van der Waals surface area contributed by atoms with E-state index in [1.54, 1.807) is 0 Å². The minimum atomic E-state index is -9.02. The molecule has 0 rings (SSSR count). The molecule has 0 aromatic rings. The number of hydrogen-bond acceptors (Lipinski definition) is 1. The summed E-state index contributed by atoms with van der Waals surface area (Å²) in [5.41, 5.74) is 0. The summed E-state index contributed by atoms with van der Waals surface area (Å²) in [5, 5.41) is 0. The predicted molar refractivity (Wildman–Crippen MR) is 72.6 cm³/mol. The van der Waals surface area contributed by atoms with Gasteiger partial charge >= 0.3 is 255 Å². The fraction of sp³-hybridized carbons (Fsp3) is 1.00. The van der Waals surface area contributed by atoms with Gasteiger partial charge in [0.1, 0.15) is 0 Å². The van der Waals surface area contributed by atoms with Crippen LogP contribution in [0.25, 0.3) is 0 Å². The van der Waals surface area contributed by atoms with Crippen molar-refractivity contribution < 1.29 is 179 Å². The van der Waals surface area contributed by atoms with E-state index in [9.17, 15) is 132 Å². The first kappa shape index (κ1) is 46.3. The van der Waals surface area contributed by atoms with Gasteiger partial charge in [-0.05, 0) is 0 Å². The number of hydrogen-bond donors (Lipinski definition) is 0. The molecule has 0 heterocycles. The second-order valence-corrected chi connectivity index (χ2v) is 14.5. The molecule has 0 aromatic heterocycles. The van der Waals surface area contributed by atoms with Gasteiger partial charge in [-0.25, -0.2) is 0 Å². The Hall–Kier alpha value is -0.680. The molecule has 33 heteroatoms. The SMILES string of the molecule is FC(F)(F)C(F)([I-]C(F)(F)C(F)(F)C(F)(F)C(F)(F)OC(F)(F)C(F)(F)C(F)(F)C(F)(F)[I-]C(F)(C(F)(F)F)C(F)(F)F)C(F)(F)F. The van der Waals surface area contributed by atoms with Crippen molar-refractivity contribution in [1.82, 2.24) is 0 Å². The molecule has 0 atom stereocenters. The maximum atomic E-state index is 13.6. The Kier molecular flexibility index (Phi) is 11.8. The van der Waals surface area contributed by atoms with Crippen molar-refractivity contribution in [2.45, 2.75) is 75.8 Å². The predicted octanol–water partition coefficient (Wildman–Crippen LogP) is 3.67. The topological polar surface area (TPSA) is 9.23 Å². The van der Waals surface area contributed by atoms with Gasteiger partial charge in [0, 0.05) is 0 Å². The second-order valence-electron chi connectivity index (χ2n) is 7.76. The van der Waals surface area contributed by atoms with Crippen molar-refractivity contribution in [3.8, 4) is 0 Å². The van der Waals surface area contributed by atoms with Crippen LogP contribution in [0.2, 0.25) is 0 Å². The molecule has 0 aliphatic rings. The van der Waals surface area contributed by atoms with Gasteiger partial charge in [0.2, 0.25) is 0 Å². The monoisotopic (exact) mass is 1010 g/mol. The summed E-state index contributed by atoms with van der Waals surface area (Å²) in [5.74, 6) is -35.7. The molecule has 47 heavy (non-hydrogen) atoms. The molecular weight excluding hydrogens is 1010 g/mol. The van der Waals surface area contributed by atoms with E-state index in [0.717, 1.165) is 4.74 Å². The van der Waals surface area contributed by atoms with Gasteiger partial charge in [0.05, 0.1) is 0 Å². The van der Waals surface area contributed by atoms with Crippen LogP contribution in [-0.2, 0) is 4.74 Å². The third-order valence-electron chi connectivity index (χ3n) is 4.41. The van der Waals surface area contributed by atoms with Gasteiger partial charge in [-0.2, -0.15) is 0 Å². The Morgan fingerprint density at radius 3 is 0.574 bits per heavy atom. The van der Waals surface area contributed by atoms with Crippen LogP contribution in [-0.4, -0.2) is 75.8 Å². The molecule has 0 N–H and O–H groups in total. The van der Waals surface area contributed by atoms with E-state index < -0.39 is 118 Å². The van der Waals surface area contributed by atoms with Crippen LogP contribution in [0, 0.1) is 0 Å². The van der Waals surface area contributed by atoms with Crippen LogP contribution in [0.1, 0.15) is 0 Å². The number of alkyl halides is 34. The zero-order valence-electron chi connectivity index (χ0n) is 19.5. The molecule has 0 fully saturated rings. The van der Waals surface area contributed by atoms with E-state index in [1.165, 1.54) is 0 Å². The fourth-order valence-corrected chi connectivity index (χ4v) is 6.44. The Morgan fingerprint density at radius 1 is 0.255 bits per heavy atom. The standard InChI is InChI=1S/C14F30I2O/c15-1(16,11(37,38)45-5(23,7(25,26)27)8(28,29)30)3(19,20)13(41,42)47-14(43,44)4(21,22)2(17,18)12(39,40)46-6(24,9(31,32)33)10(34,35)36/q-2. The van der Waals surface area contributed by atoms with E-state index in [4.69, 9.17) is 0 Å². The molecule has 0 spiro atoms. The van der Waals surface area contributed by atoms with Crippen LogP contribution < -0.4 is 42.4 Å². The molecule has 0 amide bonds. The fourth-order valence-electron chi connectivity index (χ4n) is 1.99. The van der Waals surface area contributed by atoms with E-state index in [2.05, 4.69) is 0 Å². The van der Waals surface area contributed by atoms with E-state index in [-0.39, 0.29) is 0 Å². The van der Waals surface area contributed by atoms with Crippen molar-refractivity contribution in [2.24, 2.45) is 0 Å². The van der Waals surface area contributed by atoms with Crippen molar-refractivity contribution in [1.29, 1.82) is 0 Å². The van der Waals surface area contributed by atoms with E-state index >= 15 is 0 Å². The van der Waals surface area contributed by atoms with Gasteiger partial charge in [-0.15, -0.1) is 0 Å². The second kappa shape index (κ2) is 11.9. The van der Waals surface area contributed by atoms with Crippen LogP contribution in [0.3, 0.4) is 0 Å². The third-order valence-corrected chi connectivity index (χ3v) is 11.1. The minimum absolute atomic E-state index is 0.802. The first-order chi connectivity index (χ1) is 19.6. The van der Waals surface area contributed by atoms with Crippen LogP contribution >= 0.6 is 0 Å². The Labute approximate surface area is 254 Å². The first-order valence-electron chi connectivity index (χ1n) is 9.33. The van der Waals surface area contributed by atoms with E-state index in [1.807, 2.05) is 0 Å². The van der Waals surface area contributed by atoms with Crippen LogP contribution in [0.4, 0.5) is 132 Å². The van der Waals surface area contributed by atoms with Gasteiger partial charge in [0.15, 0.2) is 0 Å². The van der Waals surface area contributed by atoms with Crippen LogP contribution in [0.15, 0.2) is 0 Å². The molecule has 0 aliphatic heterocycles. The Balaban J connectivity index is 6.99. The number of rotatable bonds is 12. The molecule has 0 saturated heterocycles. The molecule has 0 saturated carbocycles. The Morgan fingerprint density at radius 2 is 0.426 bits per heavy atom. The first-order valence-corrected chi connectivity index (χ1v) is 13.6. The molecule has 288 valence electrons. The molecular formula is C14F30I2O-2. The van der Waals surface area contributed by atoms with Crippen molar-refractivity contribution in [3.63, 3.8) is 0 Å². The van der Waals surface area contributed by atoms with Crippen molar-refractivity contribution >= 4 is 0 Å². The van der Waals surface area contributed by atoms with Crippen LogP contribution in [0.5, 0.6) is 0 Å². The third kappa shape index (κ3) is 7.38. The van der Waals surface area contributed by atoms with Gasteiger partial charge in [0.25, 0.3) is 0 Å². The number of halogens is 32. The summed E-state index contributed by atoms with van der Waals surface area (Å²) in [6.45, 7) is 0. The molecule has 0 unspecified atom stereocenters. The van der Waals surface area contributed by atoms with Gasteiger partial charge in [-0.1, -0.05) is 0 Å². The zero-order chi connectivity index (χ0) is 39.1. The normalized spacial score (nSPS) is 17.1.